The van der Waals surface area contributed by atoms with Gasteiger partial charge in [0.25, 0.3) is 0 Å². The van der Waals surface area contributed by atoms with Gasteiger partial charge in [0, 0.05) is 12.2 Å². The number of rotatable bonds is 4. The number of carboxylic acid groups (broad SMARTS) is 1. The van der Waals surface area contributed by atoms with Crippen molar-refractivity contribution in [3.05, 3.63) is 53.5 Å². The van der Waals surface area contributed by atoms with E-state index in [0.29, 0.717) is 6.54 Å². The van der Waals surface area contributed by atoms with Gasteiger partial charge >= 0.3 is 5.97 Å². The molecule has 0 unspecified atom stereocenters. The zero-order valence-corrected chi connectivity index (χ0v) is 11.3. The van der Waals surface area contributed by atoms with Gasteiger partial charge in [-0.25, -0.2) is 14.2 Å². The van der Waals surface area contributed by atoms with E-state index in [1.165, 1.54) is 0 Å². The Balaban J connectivity index is 2.51. The number of aromatic nitrogens is 1. The van der Waals surface area contributed by atoms with Gasteiger partial charge in [0.2, 0.25) is 0 Å². The van der Waals surface area contributed by atoms with E-state index in [2.05, 4.69) is 4.98 Å². The molecular weight excluding hydrogens is 259 g/mol. The van der Waals surface area contributed by atoms with E-state index in [4.69, 9.17) is 0 Å². The Morgan fingerprint density at radius 2 is 2.00 bits per heavy atom. The Labute approximate surface area is 116 Å². The second-order valence-corrected chi connectivity index (χ2v) is 4.41. The number of hydrogen-bond donors (Lipinski definition) is 1. The van der Waals surface area contributed by atoms with Crippen LogP contribution in [0.25, 0.3) is 0 Å². The monoisotopic (exact) mass is 274 g/mol. The zero-order chi connectivity index (χ0) is 14.7. The third-order valence-electron chi connectivity index (χ3n) is 2.98. The predicted molar refractivity (Wildman–Crippen MR) is 75.0 cm³/mol. The molecule has 0 saturated carbocycles. The molecule has 0 atom stereocenters. The predicted octanol–water partition coefficient (Wildman–Crippen LogP) is 3.39. The number of aryl methyl sites for hydroxylation is 1. The van der Waals surface area contributed by atoms with E-state index >= 15 is 0 Å². The molecule has 1 aromatic carbocycles. The van der Waals surface area contributed by atoms with Gasteiger partial charge in [-0.2, -0.15) is 0 Å². The van der Waals surface area contributed by atoms with Crippen molar-refractivity contribution in [1.82, 2.24) is 4.98 Å². The molecule has 0 amide bonds. The van der Waals surface area contributed by atoms with Crippen molar-refractivity contribution >= 4 is 17.5 Å². The van der Waals surface area contributed by atoms with Gasteiger partial charge in [-0.15, -0.1) is 0 Å². The Morgan fingerprint density at radius 1 is 1.35 bits per heavy atom. The van der Waals surface area contributed by atoms with Crippen LogP contribution in [0.3, 0.4) is 0 Å². The molecule has 0 spiro atoms. The summed E-state index contributed by atoms with van der Waals surface area (Å²) in [5.41, 5.74) is 1.78. The molecule has 0 fully saturated rings. The first kappa shape index (κ1) is 14.0. The molecule has 2 aromatic rings. The van der Waals surface area contributed by atoms with Crippen molar-refractivity contribution in [2.24, 2.45) is 0 Å². The van der Waals surface area contributed by atoms with E-state index in [1.807, 2.05) is 38.1 Å². The van der Waals surface area contributed by atoms with E-state index in [9.17, 15) is 14.3 Å². The van der Waals surface area contributed by atoms with E-state index < -0.39 is 11.8 Å². The fraction of sp³-hybridized carbons (Fsp3) is 0.200. The maximum absolute atomic E-state index is 13.2. The van der Waals surface area contributed by atoms with Crippen molar-refractivity contribution in [2.75, 3.05) is 11.4 Å². The van der Waals surface area contributed by atoms with Crippen LogP contribution in [-0.2, 0) is 0 Å². The number of pyridine rings is 1. The highest BCUT2D eigenvalue weighted by Gasteiger charge is 2.18. The molecule has 1 N–H and O–H groups in total. The van der Waals surface area contributed by atoms with Crippen LogP contribution in [0, 0.1) is 12.7 Å². The van der Waals surface area contributed by atoms with Crippen LogP contribution in [0.15, 0.2) is 36.5 Å². The molecule has 4 nitrogen and oxygen atoms in total. The third-order valence-corrected chi connectivity index (χ3v) is 2.98. The maximum Gasteiger partial charge on any atom is 0.339 e. The lowest BCUT2D eigenvalue weighted by atomic mass is 10.2. The third kappa shape index (κ3) is 2.77. The quantitative estimate of drug-likeness (QED) is 0.928. The summed E-state index contributed by atoms with van der Waals surface area (Å²) in [6.07, 6.45) is 1.03. The molecule has 0 aliphatic rings. The normalized spacial score (nSPS) is 10.3. The van der Waals surface area contributed by atoms with Crippen molar-refractivity contribution in [2.45, 2.75) is 13.8 Å². The summed E-state index contributed by atoms with van der Waals surface area (Å²) in [5.74, 6) is -1.62. The van der Waals surface area contributed by atoms with Crippen LogP contribution < -0.4 is 4.90 Å². The molecule has 1 aromatic heterocycles. The van der Waals surface area contributed by atoms with Gasteiger partial charge in [0.1, 0.15) is 17.2 Å². The Bertz CT molecular complexity index is 626. The molecule has 0 bridgehead atoms. The summed E-state index contributed by atoms with van der Waals surface area (Å²) in [5, 5.41) is 9.19. The van der Waals surface area contributed by atoms with Gasteiger partial charge in [-0.05, 0) is 32.0 Å². The van der Waals surface area contributed by atoms with Gasteiger partial charge in [0.15, 0.2) is 0 Å². The summed E-state index contributed by atoms with van der Waals surface area (Å²) in [4.78, 5) is 16.9. The van der Waals surface area contributed by atoms with E-state index in [1.54, 1.807) is 4.90 Å². The van der Waals surface area contributed by atoms with Crippen molar-refractivity contribution in [3.8, 4) is 0 Å². The summed E-state index contributed by atoms with van der Waals surface area (Å²) in [6.45, 7) is 4.39. The summed E-state index contributed by atoms with van der Waals surface area (Å²) in [6, 6.07) is 8.62. The molecular formula is C15H15FN2O2. The number of carboxylic acids is 1. The SMILES string of the molecule is CCN(c1ccc(C)cc1)c1ncc(F)cc1C(=O)O. The Morgan fingerprint density at radius 3 is 2.55 bits per heavy atom. The average Bonchev–Trinajstić information content (AvgIpc) is 2.43. The van der Waals surface area contributed by atoms with Crippen LogP contribution in [0.2, 0.25) is 0 Å². The van der Waals surface area contributed by atoms with Crippen LogP contribution in [0.5, 0.6) is 0 Å². The zero-order valence-electron chi connectivity index (χ0n) is 11.3. The van der Waals surface area contributed by atoms with Crippen LogP contribution in [-0.4, -0.2) is 22.6 Å². The lowest BCUT2D eigenvalue weighted by Crippen LogP contribution is -2.20. The molecule has 0 aliphatic carbocycles. The lowest BCUT2D eigenvalue weighted by Gasteiger charge is -2.23. The fourth-order valence-electron chi connectivity index (χ4n) is 1.98. The average molecular weight is 274 g/mol. The topological polar surface area (TPSA) is 53.4 Å². The molecule has 0 saturated heterocycles. The summed E-state index contributed by atoms with van der Waals surface area (Å²) >= 11 is 0. The minimum Gasteiger partial charge on any atom is -0.478 e. The van der Waals surface area contributed by atoms with Crippen LogP contribution in [0.1, 0.15) is 22.8 Å². The molecule has 0 radical (unpaired) electrons. The molecule has 104 valence electrons. The summed E-state index contributed by atoms with van der Waals surface area (Å²) < 4.78 is 13.2. The number of carbonyl (C=O) groups is 1. The van der Waals surface area contributed by atoms with Gasteiger partial charge in [-0.1, -0.05) is 17.7 Å². The molecule has 2 rings (SSSR count). The lowest BCUT2D eigenvalue weighted by molar-refractivity contribution is 0.0696. The first-order chi connectivity index (χ1) is 9.52. The number of halogens is 1. The first-order valence-corrected chi connectivity index (χ1v) is 6.26. The molecule has 20 heavy (non-hydrogen) atoms. The maximum atomic E-state index is 13.2. The van der Waals surface area contributed by atoms with Crippen LogP contribution in [0.4, 0.5) is 15.9 Å². The minimum absolute atomic E-state index is 0.146. The number of anilines is 2. The van der Waals surface area contributed by atoms with Crippen molar-refractivity contribution in [1.29, 1.82) is 0 Å². The molecule has 1 heterocycles. The minimum atomic E-state index is -1.20. The number of aromatic carboxylic acids is 1. The highest BCUT2D eigenvalue weighted by Crippen LogP contribution is 2.27. The smallest absolute Gasteiger partial charge is 0.339 e. The molecule has 0 aliphatic heterocycles. The van der Waals surface area contributed by atoms with Gasteiger partial charge < -0.3 is 10.0 Å². The van der Waals surface area contributed by atoms with Crippen LogP contribution >= 0.6 is 0 Å². The molecule has 5 heteroatoms. The standard InChI is InChI=1S/C15H15FN2O2/c1-3-18(12-6-4-10(2)5-7-12)14-13(15(19)20)8-11(16)9-17-14/h4-9H,3H2,1-2H3,(H,19,20). The van der Waals surface area contributed by atoms with Gasteiger partial charge in [-0.3, -0.25) is 0 Å². The first-order valence-electron chi connectivity index (χ1n) is 6.26. The van der Waals surface area contributed by atoms with E-state index in [0.717, 1.165) is 23.5 Å². The second-order valence-electron chi connectivity index (χ2n) is 4.41. The van der Waals surface area contributed by atoms with Crippen molar-refractivity contribution in [3.63, 3.8) is 0 Å². The Hall–Kier alpha value is -2.43. The fourth-order valence-corrected chi connectivity index (χ4v) is 1.98. The number of benzene rings is 1. The number of nitrogens with zero attached hydrogens (tertiary/aromatic N) is 2. The highest BCUT2D eigenvalue weighted by molar-refractivity contribution is 5.94. The number of hydrogen-bond acceptors (Lipinski definition) is 3. The Kier molecular flexibility index (Phi) is 3.98. The largest absolute Gasteiger partial charge is 0.478 e. The van der Waals surface area contributed by atoms with E-state index in [-0.39, 0.29) is 11.4 Å². The van der Waals surface area contributed by atoms with Gasteiger partial charge in [0.05, 0.1) is 6.20 Å². The van der Waals surface area contributed by atoms with Crippen molar-refractivity contribution < 1.29 is 14.3 Å². The highest BCUT2D eigenvalue weighted by atomic mass is 19.1. The summed E-state index contributed by atoms with van der Waals surface area (Å²) in [7, 11) is 0. The second kappa shape index (κ2) is 5.69.